The van der Waals surface area contributed by atoms with Crippen molar-refractivity contribution in [2.75, 3.05) is 59.4 Å². The molecule has 0 aromatic heterocycles. The Morgan fingerprint density at radius 3 is 2.21 bits per heavy atom. The topological polar surface area (TPSA) is 51.2 Å². The van der Waals surface area contributed by atoms with Crippen LogP contribution in [0.4, 0.5) is 0 Å². The van der Waals surface area contributed by atoms with Gasteiger partial charge in [-0.05, 0) is 55.3 Å². The second kappa shape index (κ2) is 8.21. The maximum atomic E-state index is 12.8. The molecule has 2 heterocycles. The quantitative estimate of drug-likeness (QED) is 0.576. The molecule has 0 aromatic carbocycles. The van der Waals surface area contributed by atoms with Crippen LogP contribution in [0, 0.1) is 23.2 Å². The average Bonchev–Trinajstić information content (AvgIpc) is 3.56. The number of hydrogen-bond donors (Lipinski definition) is 1. The van der Waals surface area contributed by atoms with Crippen molar-refractivity contribution >= 4 is 11.9 Å². The van der Waals surface area contributed by atoms with Crippen molar-refractivity contribution in [2.45, 2.75) is 46.0 Å². The molecule has 2 aliphatic heterocycles. The predicted molar refractivity (Wildman–Crippen MR) is 113 cm³/mol. The average molecular weight is 390 g/mol. The highest BCUT2D eigenvalue weighted by atomic mass is 16.2. The molecule has 2 aliphatic carbocycles. The second-order valence-corrected chi connectivity index (χ2v) is 10.0. The van der Waals surface area contributed by atoms with Gasteiger partial charge in [-0.3, -0.25) is 14.7 Å². The van der Waals surface area contributed by atoms with Gasteiger partial charge in [0.25, 0.3) is 0 Å². The van der Waals surface area contributed by atoms with E-state index in [4.69, 9.17) is 0 Å². The van der Waals surface area contributed by atoms with E-state index in [9.17, 15) is 4.79 Å². The molecule has 6 heteroatoms. The monoisotopic (exact) mass is 389 g/mol. The summed E-state index contributed by atoms with van der Waals surface area (Å²) in [6.45, 7) is 11.9. The molecule has 2 unspecified atom stereocenters. The minimum Gasteiger partial charge on any atom is -0.356 e. The standard InChI is InChI=1S/C22H39N5O/c1-17-12-18(2)14-27(13-17)20(28)15-25-8-10-26(11-9-25)21(23-3)24-16-22(6-7-22)19-4-5-19/h17-19H,4-16H2,1-3H3,(H,23,24). The van der Waals surface area contributed by atoms with E-state index < -0.39 is 0 Å². The van der Waals surface area contributed by atoms with Crippen LogP contribution in [-0.4, -0.2) is 86.0 Å². The van der Waals surface area contributed by atoms with Crippen LogP contribution in [0.2, 0.25) is 0 Å². The predicted octanol–water partition coefficient (Wildman–Crippen LogP) is 1.87. The number of amides is 1. The van der Waals surface area contributed by atoms with Gasteiger partial charge in [0.15, 0.2) is 5.96 Å². The summed E-state index contributed by atoms with van der Waals surface area (Å²) in [4.78, 5) is 24.1. The molecule has 1 N–H and O–H groups in total. The number of nitrogens with zero attached hydrogens (tertiary/aromatic N) is 4. The molecule has 0 bridgehead atoms. The van der Waals surface area contributed by atoms with E-state index in [-0.39, 0.29) is 0 Å². The third-order valence-electron chi connectivity index (χ3n) is 7.40. The number of piperazine rings is 1. The zero-order valence-electron chi connectivity index (χ0n) is 18.1. The van der Waals surface area contributed by atoms with Crippen molar-refractivity contribution in [3.8, 4) is 0 Å². The van der Waals surface area contributed by atoms with Crippen LogP contribution in [0.3, 0.4) is 0 Å². The van der Waals surface area contributed by atoms with Gasteiger partial charge < -0.3 is 15.1 Å². The van der Waals surface area contributed by atoms with Gasteiger partial charge in [0.05, 0.1) is 6.54 Å². The third-order valence-corrected chi connectivity index (χ3v) is 7.40. The minimum absolute atomic E-state index is 0.314. The fraction of sp³-hybridized carbons (Fsp3) is 0.909. The van der Waals surface area contributed by atoms with E-state index in [1.165, 1.54) is 32.1 Å². The van der Waals surface area contributed by atoms with E-state index in [1.807, 2.05) is 7.05 Å². The lowest BCUT2D eigenvalue weighted by Crippen LogP contribution is -2.55. The van der Waals surface area contributed by atoms with Gasteiger partial charge in [-0.25, -0.2) is 0 Å². The van der Waals surface area contributed by atoms with Crippen LogP contribution in [0.25, 0.3) is 0 Å². The van der Waals surface area contributed by atoms with Crippen molar-refractivity contribution < 1.29 is 4.79 Å². The summed E-state index contributed by atoms with van der Waals surface area (Å²) in [5, 5.41) is 3.66. The van der Waals surface area contributed by atoms with Crippen LogP contribution in [0.1, 0.15) is 46.0 Å². The highest BCUT2D eigenvalue weighted by Crippen LogP contribution is 2.60. The maximum Gasteiger partial charge on any atom is 0.236 e. The van der Waals surface area contributed by atoms with Crippen molar-refractivity contribution in [2.24, 2.45) is 28.2 Å². The highest BCUT2D eigenvalue weighted by molar-refractivity contribution is 5.80. The van der Waals surface area contributed by atoms with Gasteiger partial charge in [-0.2, -0.15) is 0 Å². The van der Waals surface area contributed by atoms with Crippen LogP contribution in [0.15, 0.2) is 4.99 Å². The maximum absolute atomic E-state index is 12.8. The smallest absolute Gasteiger partial charge is 0.236 e. The first kappa shape index (κ1) is 20.0. The molecule has 4 aliphatic rings. The molecule has 0 radical (unpaired) electrons. The van der Waals surface area contributed by atoms with Crippen molar-refractivity contribution in [3.63, 3.8) is 0 Å². The molecule has 0 aromatic rings. The number of hydrogen-bond acceptors (Lipinski definition) is 3. The second-order valence-electron chi connectivity index (χ2n) is 10.0. The summed E-state index contributed by atoms with van der Waals surface area (Å²) in [6.07, 6.45) is 6.90. The largest absolute Gasteiger partial charge is 0.356 e. The summed E-state index contributed by atoms with van der Waals surface area (Å²) in [6, 6.07) is 0. The van der Waals surface area contributed by atoms with Crippen LogP contribution in [0.5, 0.6) is 0 Å². The fourth-order valence-electron chi connectivity index (χ4n) is 5.45. The van der Waals surface area contributed by atoms with Crippen LogP contribution < -0.4 is 5.32 Å². The first-order valence-electron chi connectivity index (χ1n) is 11.4. The van der Waals surface area contributed by atoms with Gasteiger partial charge in [0.2, 0.25) is 5.91 Å². The van der Waals surface area contributed by atoms with Crippen molar-refractivity contribution in [3.05, 3.63) is 0 Å². The molecule has 0 spiro atoms. The highest BCUT2D eigenvalue weighted by Gasteiger charge is 2.53. The normalized spacial score (nSPS) is 31.0. The summed E-state index contributed by atoms with van der Waals surface area (Å²) < 4.78 is 0. The van der Waals surface area contributed by atoms with Crippen molar-refractivity contribution in [1.82, 2.24) is 20.0 Å². The number of nitrogens with one attached hydrogen (secondary N) is 1. The Morgan fingerprint density at radius 1 is 1.04 bits per heavy atom. The Morgan fingerprint density at radius 2 is 1.68 bits per heavy atom. The van der Waals surface area contributed by atoms with Gasteiger partial charge in [0, 0.05) is 52.9 Å². The number of carbonyl (C=O) groups is 1. The first-order chi connectivity index (χ1) is 13.5. The molecule has 1 amide bonds. The van der Waals surface area contributed by atoms with E-state index in [2.05, 4.69) is 38.9 Å². The number of aliphatic imine (C=N–C) groups is 1. The molecule has 2 atom stereocenters. The van der Waals surface area contributed by atoms with Gasteiger partial charge >= 0.3 is 0 Å². The van der Waals surface area contributed by atoms with Gasteiger partial charge in [0.1, 0.15) is 0 Å². The summed E-state index contributed by atoms with van der Waals surface area (Å²) in [7, 11) is 1.90. The zero-order chi connectivity index (χ0) is 19.7. The van der Waals surface area contributed by atoms with E-state index >= 15 is 0 Å². The Kier molecular flexibility index (Phi) is 5.86. The Hall–Kier alpha value is -1.30. The van der Waals surface area contributed by atoms with Gasteiger partial charge in [-0.15, -0.1) is 0 Å². The Bertz CT molecular complexity index is 580. The zero-order valence-corrected chi connectivity index (χ0v) is 18.1. The number of likely N-dealkylation sites (tertiary alicyclic amines) is 1. The number of rotatable bonds is 5. The van der Waals surface area contributed by atoms with Gasteiger partial charge in [-0.1, -0.05) is 13.8 Å². The molecule has 158 valence electrons. The molecule has 28 heavy (non-hydrogen) atoms. The SMILES string of the molecule is CN=C(NCC1(C2CC2)CC1)N1CCN(CC(=O)N2CC(C)CC(C)C2)CC1. The molecule has 2 saturated carbocycles. The van der Waals surface area contributed by atoms with Crippen LogP contribution >= 0.6 is 0 Å². The van der Waals surface area contributed by atoms with E-state index in [1.54, 1.807) is 0 Å². The molecule has 2 saturated heterocycles. The van der Waals surface area contributed by atoms with E-state index in [0.29, 0.717) is 29.7 Å². The molecular weight excluding hydrogens is 350 g/mol. The lowest BCUT2D eigenvalue weighted by atomic mass is 9.92. The summed E-state index contributed by atoms with van der Waals surface area (Å²) >= 11 is 0. The molecule has 4 fully saturated rings. The Labute approximate surface area is 170 Å². The lowest BCUT2D eigenvalue weighted by Gasteiger charge is -2.39. The molecular formula is C22H39N5O. The fourth-order valence-corrected chi connectivity index (χ4v) is 5.45. The lowest BCUT2D eigenvalue weighted by molar-refractivity contribution is -0.135. The number of guanidine groups is 1. The number of carbonyl (C=O) groups excluding carboxylic acids is 1. The summed E-state index contributed by atoms with van der Waals surface area (Å²) in [5.41, 5.74) is 0.590. The van der Waals surface area contributed by atoms with Crippen molar-refractivity contribution in [1.29, 1.82) is 0 Å². The first-order valence-corrected chi connectivity index (χ1v) is 11.4. The summed E-state index contributed by atoms with van der Waals surface area (Å²) in [5.74, 6) is 3.60. The number of piperidine rings is 1. The minimum atomic E-state index is 0.314. The third kappa shape index (κ3) is 4.64. The van der Waals surface area contributed by atoms with Crippen LogP contribution in [-0.2, 0) is 4.79 Å². The molecule has 6 nitrogen and oxygen atoms in total. The van der Waals surface area contributed by atoms with E-state index in [0.717, 1.165) is 57.7 Å². The molecule has 4 rings (SSSR count). The Balaban J connectivity index is 1.21.